The summed E-state index contributed by atoms with van der Waals surface area (Å²) in [5.41, 5.74) is 1.36. The smallest absolute Gasteiger partial charge is 0.146 e. The lowest BCUT2D eigenvalue weighted by atomic mass is 10.2. The van der Waals surface area contributed by atoms with Crippen molar-refractivity contribution in [2.24, 2.45) is 0 Å². The highest BCUT2D eigenvalue weighted by molar-refractivity contribution is 7.18. The molecular weight excluding hydrogens is 330 g/mol. The topological polar surface area (TPSA) is 35.5 Å². The minimum absolute atomic E-state index is 0.897. The lowest BCUT2D eigenvalue weighted by Gasteiger charge is -2.35. The standard InChI is InChI=1S/C19H29N5S/c1-4-22-9-11-24(12-10-22)18-17-14(2)15(3)25-19(17)21-16(20-18)13-23-7-5-6-8-23/h4-13H2,1-3H3. The van der Waals surface area contributed by atoms with Gasteiger partial charge in [0.2, 0.25) is 0 Å². The van der Waals surface area contributed by atoms with Crippen molar-refractivity contribution in [1.29, 1.82) is 0 Å². The Hall–Kier alpha value is -1.24. The van der Waals surface area contributed by atoms with Crippen LogP contribution < -0.4 is 4.90 Å². The van der Waals surface area contributed by atoms with Crippen molar-refractivity contribution in [3.8, 4) is 0 Å². The Morgan fingerprint density at radius 2 is 1.64 bits per heavy atom. The summed E-state index contributed by atoms with van der Waals surface area (Å²) in [4.78, 5) is 20.1. The van der Waals surface area contributed by atoms with Crippen LogP contribution in [-0.4, -0.2) is 65.6 Å². The largest absolute Gasteiger partial charge is 0.353 e. The van der Waals surface area contributed by atoms with Crippen molar-refractivity contribution in [2.75, 3.05) is 50.7 Å². The van der Waals surface area contributed by atoms with Gasteiger partial charge in [-0.2, -0.15) is 0 Å². The first-order valence-corrected chi connectivity index (χ1v) is 10.4. The highest BCUT2D eigenvalue weighted by atomic mass is 32.1. The van der Waals surface area contributed by atoms with Crippen LogP contribution >= 0.6 is 11.3 Å². The quantitative estimate of drug-likeness (QED) is 0.838. The van der Waals surface area contributed by atoms with Crippen molar-refractivity contribution in [1.82, 2.24) is 19.8 Å². The van der Waals surface area contributed by atoms with Crippen molar-refractivity contribution in [3.63, 3.8) is 0 Å². The molecule has 0 unspecified atom stereocenters. The zero-order chi connectivity index (χ0) is 17.4. The van der Waals surface area contributed by atoms with Gasteiger partial charge in [0, 0.05) is 31.1 Å². The molecule has 136 valence electrons. The predicted octanol–water partition coefficient (Wildman–Crippen LogP) is 3.05. The summed E-state index contributed by atoms with van der Waals surface area (Å²) >= 11 is 1.83. The molecule has 5 nitrogen and oxygen atoms in total. The van der Waals surface area contributed by atoms with Gasteiger partial charge in [0.15, 0.2) is 0 Å². The fourth-order valence-electron chi connectivity index (χ4n) is 3.99. The fraction of sp³-hybridized carbons (Fsp3) is 0.684. The Morgan fingerprint density at radius 1 is 0.920 bits per heavy atom. The minimum atomic E-state index is 0.897. The van der Waals surface area contributed by atoms with Gasteiger partial charge < -0.3 is 9.80 Å². The second-order valence-electron chi connectivity index (χ2n) is 7.33. The van der Waals surface area contributed by atoms with Gasteiger partial charge >= 0.3 is 0 Å². The normalized spacial score (nSPS) is 20.0. The number of thiophene rings is 1. The highest BCUT2D eigenvalue weighted by Gasteiger charge is 2.23. The first kappa shape index (κ1) is 17.2. The number of hydrogen-bond donors (Lipinski definition) is 0. The molecule has 0 amide bonds. The average Bonchev–Trinajstić information content (AvgIpc) is 3.23. The molecule has 0 spiro atoms. The van der Waals surface area contributed by atoms with E-state index in [-0.39, 0.29) is 0 Å². The molecular formula is C19H29N5S. The molecule has 0 aliphatic carbocycles. The lowest BCUT2D eigenvalue weighted by Crippen LogP contribution is -2.46. The summed E-state index contributed by atoms with van der Waals surface area (Å²) in [5, 5.41) is 1.29. The van der Waals surface area contributed by atoms with Gasteiger partial charge in [-0.05, 0) is 51.9 Å². The van der Waals surface area contributed by atoms with Crippen LogP contribution in [0.25, 0.3) is 10.2 Å². The van der Waals surface area contributed by atoms with Gasteiger partial charge in [0.25, 0.3) is 0 Å². The maximum atomic E-state index is 5.07. The molecule has 2 aliphatic rings. The van der Waals surface area contributed by atoms with Gasteiger partial charge in [-0.1, -0.05) is 6.92 Å². The van der Waals surface area contributed by atoms with Crippen molar-refractivity contribution < 1.29 is 0 Å². The van der Waals surface area contributed by atoms with Crippen molar-refractivity contribution >= 4 is 27.4 Å². The summed E-state index contributed by atoms with van der Waals surface area (Å²) in [7, 11) is 0. The second-order valence-corrected chi connectivity index (χ2v) is 8.53. The number of aromatic nitrogens is 2. The van der Waals surface area contributed by atoms with Crippen LogP contribution in [0, 0.1) is 13.8 Å². The maximum absolute atomic E-state index is 5.07. The highest BCUT2D eigenvalue weighted by Crippen LogP contribution is 2.35. The maximum Gasteiger partial charge on any atom is 0.146 e. The molecule has 2 aromatic rings. The Bertz CT molecular complexity index is 742. The third-order valence-corrected chi connectivity index (χ3v) is 6.84. The van der Waals surface area contributed by atoms with Crippen LogP contribution in [0.3, 0.4) is 0 Å². The summed E-state index contributed by atoms with van der Waals surface area (Å²) in [6, 6.07) is 0. The molecule has 2 saturated heterocycles. The van der Waals surface area contributed by atoms with Gasteiger partial charge in [-0.15, -0.1) is 11.3 Å². The molecule has 4 rings (SSSR count). The van der Waals surface area contributed by atoms with E-state index >= 15 is 0 Å². The number of hydrogen-bond acceptors (Lipinski definition) is 6. The van der Waals surface area contributed by atoms with Crippen LogP contribution in [0.1, 0.15) is 36.0 Å². The third-order valence-electron chi connectivity index (χ3n) is 5.74. The number of aryl methyl sites for hydroxylation is 2. The zero-order valence-electron chi connectivity index (χ0n) is 15.7. The van der Waals surface area contributed by atoms with Crippen LogP contribution in [0.4, 0.5) is 5.82 Å². The molecule has 25 heavy (non-hydrogen) atoms. The minimum Gasteiger partial charge on any atom is -0.353 e. The molecule has 0 atom stereocenters. The van der Waals surface area contributed by atoms with Crippen molar-refractivity contribution in [3.05, 3.63) is 16.3 Å². The number of rotatable bonds is 4. The number of piperazine rings is 1. The fourth-order valence-corrected chi connectivity index (χ4v) is 5.03. The van der Waals surface area contributed by atoms with E-state index in [0.29, 0.717) is 0 Å². The SMILES string of the molecule is CCN1CCN(c2nc(CN3CCCC3)nc3sc(C)c(C)c23)CC1. The van der Waals surface area contributed by atoms with E-state index in [1.807, 2.05) is 11.3 Å². The van der Waals surface area contributed by atoms with Crippen LogP contribution in [0.5, 0.6) is 0 Å². The molecule has 2 aliphatic heterocycles. The number of fused-ring (bicyclic) bond motifs is 1. The van der Waals surface area contributed by atoms with Crippen LogP contribution in [-0.2, 0) is 6.54 Å². The molecule has 2 fully saturated rings. The molecule has 0 saturated carbocycles. The van der Waals surface area contributed by atoms with E-state index in [1.165, 1.54) is 52.4 Å². The van der Waals surface area contributed by atoms with E-state index in [1.54, 1.807) is 0 Å². The van der Waals surface area contributed by atoms with Gasteiger partial charge in [0.05, 0.1) is 11.9 Å². The first-order valence-electron chi connectivity index (χ1n) is 9.62. The van der Waals surface area contributed by atoms with Crippen molar-refractivity contribution in [2.45, 2.75) is 40.2 Å². The van der Waals surface area contributed by atoms with Gasteiger partial charge in [-0.25, -0.2) is 9.97 Å². The molecule has 6 heteroatoms. The van der Waals surface area contributed by atoms with E-state index in [4.69, 9.17) is 9.97 Å². The third kappa shape index (κ3) is 3.39. The Labute approximate surface area is 154 Å². The van der Waals surface area contributed by atoms with Gasteiger partial charge in [-0.3, -0.25) is 4.90 Å². The van der Waals surface area contributed by atoms with E-state index in [9.17, 15) is 0 Å². The molecule has 0 N–H and O–H groups in total. The van der Waals surface area contributed by atoms with E-state index in [2.05, 4.69) is 35.5 Å². The number of likely N-dealkylation sites (N-methyl/N-ethyl adjacent to an activating group) is 1. The Kier molecular flexibility index (Phi) is 4.93. The van der Waals surface area contributed by atoms with Crippen LogP contribution in [0.15, 0.2) is 0 Å². The van der Waals surface area contributed by atoms with E-state index in [0.717, 1.165) is 45.1 Å². The molecule has 0 radical (unpaired) electrons. The lowest BCUT2D eigenvalue weighted by molar-refractivity contribution is 0.270. The first-order chi connectivity index (χ1) is 12.2. The molecule has 2 aromatic heterocycles. The van der Waals surface area contributed by atoms with Gasteiger partial charge in [0.1, 0.15) is 16.5 Å². The zero-order valence-corrected chi connectivity index (χ0v) is 16.5. The Morgan fingerprint density at radius 3 is 2.32 bits per heavy atom. The number of anilines is 1. The molecule has 4 heterocycles. The average molecular weight is 360 g/mol. The molecule has 0 aromatic carbocycles. The summed E-state index contributed by atoms with van der Waals surface area (Å²) in [6.07, 6.45) is 2.62. The summed E-state index contributed by atoms with van der Waals surface area (Å²) in [5.74, 6) is 2.18. The predicted molar refractivity (Wildman–Crippen MR) is 106 cm³/mol. The number of likely N-dealkylation sites (tertiary alicyclic amines) is 1. The summed E-state index contributed by atoms with van der Waals surface area (Å²) in [6.45, 7) is 15.5. The monoisotopic (exact) mass is 359 g/mol. The van der Waals surface area contributed by atoms with E-state index < -0.39 is 0 Å². The Balaban J connectivity index is 1.69. The molecule has 0 bridgehead atoms. The van der Waals surface area contributed by atoms with Crippen LogP contribution in [0.2, 0.25) is 0 Å². The summed E-state index contributed by atoms with van der Waals surface area (Å²) < 4.78 is 0. The number of nitrogens with zero attached hydrogens (tertiary/aromatic N) is 5. The second kappa shape index (κ2) is 7.17.